The van der Waals surface area contributed by atoms with Gasteiger partial charge >= 0.3 is 0 Å². The van der Waals surface area contributed by atoms with Crippen LogP contribution in [0.1, 0.15) is 24.1 Å². The fourth-order valence-electron chi connectivity index (χ4n) is 2.63. The smallest absolute Gasteiger partial charge is 0.277 e. The van der Waals surface area contributed by atoms with Crippen molar-refractivity contribution in [2.45, 2.75) is 25.1 Å². The number of rotatable bonds is 7. The molecule has 1 amide bonds. The summed E-state index contributed by atoms with van der Waals surface area (Å²) in [4.78, 5) is 14.3. The molecule has 0 aliphatic heterocycles. The van der Waals surface area contributed by atoms with E-state index in [0.29, 0.717) is 11.1 Å². The fourth-order valence-corrected chi connectivity index (χ4v) is 3.32. The normalized spacial score (nSPS) is 11.9. The van der Waals surface area contributed by atoms with Crippen LogP contribution in [0.5, 0.6) is 5.75 Å². The van der Waals surface area contributed by atoms with E-state index in [1.165, 1.54) is 17.3 Å². The van der Waals surface area contributed by atoms with Gasteiger partial charge in [-0.25, -0.2) is 0 Å². The average Bonchev–Trinajstić information content (AvgIpc) is 3.20. The summed E-state index contributed by atoms with van der Waals surface area (Å²) in [7, 11) is 3.42. The second-order valence-electron chi connectivity index (χ2n) is 6.48. The second-order valence-corrected chi connectivity index (χ2v) is 7.41. The molecule has 0 saturated carbocycles. The van der Waals surface area contributed by atoms with Crippen LogP contribution >= 0.6 is 11.8 Å². The Balaban J connectivity index is 1.58. The maximum Gasteiger partial charge on any atom is 0.277 e. The van der Waals surface area contributed by atoms with Gasteiger partial charge in [-0.05, 0) is 43.7 Å². The molecule has 0 bridgehead atoms. The highest BCUT2D eigenvalue weighted by molar-refractivity contribution is 7.99. The number of ether oxygens (including phenoxy) is 1. The number of hydrogen-bond acceptors (Lipinski definition) is 6. The van der Waals surface area contributed by atoms with Gasteiger partial charge in [0.15, 0.2) is 0 Å². The van der Waals surface area contributed by atoms with Crippen molar-refractivity contribution in [2.24, 2.45) is 0 Å². The Labute approximate surface area is 168 Å². The Hall–Kier alpha value is -2.80. The fraction of sp³-hybridized carbons (Fsp3) is 0.286. The number of benzene rings is 2. The van der Waals surface area contributed by atoms with Gasteiger partial charge in [0.2, 0.25) is 11.8 Å². The van der Waals surface area contributed by atoms with Crippen molar-refractivity contribution >= 4 is 17.7 Å². The number of methoxy groups -OCH3 is 1. The summed E-state index contributed by atoms with van der Waals surface area (Å²) in [5.74, 6) is 1.41. The highest BCUT2D eigenvalue weighted by atomic mass is 32.2. The predicted octanol–water partition coefficient (Wildman–Crippen LogP) is 4.37. The van der Waals surface area contributed by atoms with Crippen LogP contribution in [0.4, 0.5) is 0 Å². The van der Waals surface area contributed by atoms with Gasteiger partial charge in [0.05, 0.1) is 18.9 Å². The lowest BCUT2D eigenvalue weighted by molar-refractivity contribution is -0.128. The van der Waals surface area contributed by atoms with Crippen molar-refractivity contribution in [3.05, 3.63) is 59.7 Å². The molecule has 0 radical (unpaired) electrons. The van der Waals surface area contributed by atoms with Gasteiger partial charge in [-0.15, -0.1) is 10.2 Å². The number of carbonyl (C=O) groups excluding carboxylic acids is 1. The minimum atomic E-state index is -0.00811. The van der Waals surface area contributed by atoms with Gasteiger partial charge < -0.3 is 14.1 Å². The molecule has 1 atom stereocenters. The molecule has 7 heteroatoms. The molecular weight excluding hydrogens is 374 g/mol. The molecule has 3 rings (SSSR count). The molecule has 1 heterocycles. The highest BCUT2D eigenvalue weighted by Gasteiger charge is 2.19. The molecule has 0 aliphatic rings. The third-order valence-electron chi connectivity index (χ3n) is 4.60. The number of aryl methyl sites for hydroxylation is 1. The molecule has 6 nitrogen and oxygen atoms in total. The quantitative estimate of drug-likeness (QED) is 0.552. The summed E-state index contributed by atoms with van der Waals surface area (Å²) < 4.78 is 10.8. The SMILES string of the molecule is COc1ccc(-c2nnc(SCC(=O)N(C)C(C)c3ccc(C)cc3)o2)cc1. The summed E-state index contributed by atoms with van der Waals surface area (Å²) in [6, 6.07) is 15.6. The van der Waals surface area contributed by atoms with Crippen molar-refractivity contribution in [2.75, 3.05) is 19.9 Å². The van der Waals surface area contributed by atoms with Gasteiger partial charge in [-0.1, -0.05) is 41.6 Å². The summed E-state index contributed by atoms with van der Waals surface area (Å²) in [5, 5.41) is 8.45. The van der Waals surface area contributed by atoms with Crippen LogP contribution in [0.25, 0.3) is 11.5 Å². The van der Waals surface area contributed by atoms with Crippen molar-refractivity contribution in [3.63, 3.8) is 0 Å². The van der Waals surface area contributed by atoms with E-state index in [-0.39, 0.29) is 17.7 Å². The Bertz CT molecular complexity index is 923. The third-order valence-corrected chi connectivity index (χ3v) is 5.40. The lowest BCUT2D eigenvalue weighted by Crippen LogP contribution is -2.31. The number of hydrogen-bond donors (Lipinski definition) is 0. The topological polar surface area (TPSA) is 68.5 Å². The average molecular weight is 398 g/mol. The van der Waals surface area contributed by atoms with Crippen molar-refractivity contribution < 1.29 is 13.9 Å². The van der Waals surface area contributed by atoms with Gasteiger partial charge in [0.25, 0.3) is 5.22 Å². The molecule has 0 aliphatic carbocycles. The lowest BCUT2D eigenvalue weighted by atomic mass is 10.1. The van der Waals surface area contributed by atoms with E-state index in [2.05, 4.69) is 34.5 Å². The molecule has 0 fully saturated rings. The minimum Gasteiger partial charge on any atom is -0.497 e. The molecule has 0 saturated heterocycles. The Morgan fingerprint density at radius 2 is 1.82 bits per heavy atom. The third kappa shape index (κ3) is 4.72. The van der Waals surface area contributed by atoms with Gasteiger partial charge in [0, 0.05) is 12.6 Å². The number of amides is 1. The van der Waals surface area contributed by atoms with Gasteiger partial charge in [0.1, 0.15) is 5.75 Å². The van der Waals surface area contributed by atoms with Crippen LogP contribution in [-0.2, 0) is 4.79 Å². The molecule has 1 aromatic heterocycles. The van der Waals surface area contributed by atoms with Crippen molar-refractivity contribution in [3.8, 4) is 17.2 Å². The zero-order valence-corrected chi connectivity index (χ0v) is 17.2. The summed E-state index contributed by atoms with van der Waals surface area (Å²) in [5.41, 5.74) is 3.10. The Morgan fingerprint density at radius 1 is 1.14 bits per heavy atom. The van der Waals surface area contributed by atoms with E-state index in [9.17, 15) is 4.79 Å². The molecule has 2 aromatic carbocycles. The van der Waals surface area contributed by atoms with E-state index >= 15 is 0 Å². The molecule has 1 unspecified atom stereocenters. The molecule has 0 N–H and O–H groups in total. The van der Waals surface area contributed by atoms with Gasteiger partial charge in [-0.2, -0.15) is 0 Å². The Morgan fingerprint density at radius 3 is 2.46 bits per heavy atom. The van der Waals surface area contributed by atoms with Crippen LogP contribution in [0, 0.1) is 6.92 Å². The van der Waals surface area contributed by atoms with Gasteiger partial charge in [-0.3, -0.25) is 4.79 Å². The van der Waals surface area contributed by atoms with E-state index in [4.69, 9.17) is 9.15 Å². The Kier molecular flexibility index (Phi) is 6.36. The van der Waals surface area contributed by atoms with E-state index in [1.807, 2.05) is 45.2 Å². The maximum absolute atomic E-state index is 12.5. The lowest BCUT2D eigenvalue weighted by Gasteiger charge is -2.25. The predicted molar refractivity (Wildman–Crippen MR) is 109 cm³/mol. The summed E-state index contributed by atoms with van der Waals surface area (Å²) in [6.07, 6.45) is 0. The number of thioether (sulfide) groups is 1. The first-order chi connectivity index (χ1) is 13.5. The van der Waals surface area contributed by atoms with Crippen LogP contribution < -0.4 is 4.74 Å². The van der Waals surface area contributed by atoms with E-state index < -0.39 is 0 Å². The number of carbonyl (C=O) groups is 1. The zero-order valence-electron chi connectivity index (χ0n) is 16.4. The van der Waals surface area contributed by atoms with E-state index in [0.717, 1.165) is 16.9 Å². The zero-order chi connectivity index (χ0) is 20.1. The first kappa shape index (κ1) is 19.9. The van der Waals surface area contributed by atoms with Crippen LogP contribution in [0.3, 0.4) is 0 Å². The number of aromatic nitrogens is 2. The first-order valence-corrected chi connectivity index (χ1v) is 9.89. The standard InChI is InChI=1S/C21H23N3O3S/c1-14-5-7-16(8-6-14)15(2)24(3)19(25)13-28-21-23-22-20(27-21)17-9-11-18(26-4)12-10-17/h5-12,15H,13H2,1-4H3. The molecule has 146 valence electrons. The van der Waals surface area contributed by atoms with Crippen LogP contribution in [-0.4, -0.2) is 40.9 Å². The highest BCUT2D eigenvalue weighted by Crippen LogP contribution is 2.26. The molecule has 28 heavy (non-hydrogen) atoms. The van der Waals surface area contributed by atoms with Crippen LogP contribution in [0.2, 0.25) is 0 Å². The molecule has 0 spiro atoms. The second kappa shape index (κ2) is 8.93. The summed E-state index contributed by atoms with van der Waals surface area (Å²) in [6.45, 7) is 4.06. The van der Waals surface area contributed by atoms with E-state index in [1.54, 1.807) is 12.0 Å². The van der Waals surface area contributed by atoms with Crippen molar-refractivity contribution in [1.29, 1.82) is 0 Å². The monoisotopic (exact) mass is 397 g/mol. The first-order valence-electron chi connectivity index (χ1n) is 8.91. The number of nitrogens with zero attached hydrogens (tertiary/aromatic N) is 3. The minimum absolute atomic E-state index is 0.00210. The largest absolute Gasteiger partial charge is 0.497 e. The van der Waals surface area contributed by atoms with Crippen LogP contribution in [0.15, 0.2) is 58.2 Å². The molecule has 3 aromatic rings. The maximum atomic E-state index is 12.5. The molecular formula is C21H23N3O3S. The summed E-state index contributed by atoms with van der Waals surface area (Å²) >= 11 is 1.24. The van der Waals surface area contributed by atoms with Crippen molar-refractivity contribution in [1.82, 2.24) is 15.1 Å².